The molecule has 0 saturated carbocycles. The van der Waals surface area contributed by atoms with Gasteiger partial charge in [-0.2, -0.15) is 5.26 Å². The van der Waals surface area contributed by atoms with Crippen LogP contribution in [0, 0.1) is 11.3 Å². The molecule has 0 spiro atoms. The summed E-state index contributed by atoms with van der Waals surface area (Å²) in [5.74, 6) is 0. The van der Waals surface area contributed by atoms with E-state index in [0.717, 1.165) is 5.56 Å². The zero-order chi connectivity index (χ0) is 12.1. The molecule has 0 amide bonds. The summed E-state index contributed by atoms with van der Waals surface area (Å²) in [6.07, 6.45) is 0.352. The molecule has 2 aromatic carbocycles. The van der Waals surface area contributed by atoms with Crippen LogP contribution in [0.15, 0.2) is 54.6 Å². The summed E-state index contributed by atoms with van der Waals surface area (Å²) < 4.78 is 0. The second kappa shape index (κ2) is 6.80. The number of hydrogen-bond donors (Lipinski definition) is 1. The maximum Gasteiger partial charge on any atom is 0.0641 e. The van der Waals surface area contributed by atoms with Crippen LogP contribution >= 0.6 is 12.4 Å². The molecular weight excluding hydrogens is 244 g/mol. The van der Waals surface area contributed by atoms with E-state index in [0.29, 0.717) is 6.42 Å². The van der Waals surface area contributed by atoms with Crippen molar-refractivity contribution in [3.63, 3.8) is 0 Å². The Morgan fingerprint density at radius 3 is 2.06 bits per heavy atom. The van der Waals surface area contributed by atoms with Gasteiger partial charge in [-0.25, -0.2) is 0 Å². The molecule has 0 unspecified atom stereocenters. The molecule has 0 bridgehead atoms. The summed E-state index contributed by atoms with van der Waals surface area (Å²) >= 11 is 0. The molecular formula is C15H15ClN2. The first-order chi connectivity index (χ1) is 8.31. The first-order valence-electron chi connectivity index (χ1n) is 5.59. The normalized spacial score (nSPS) is 11.1. The van der Waals surface area contributed by atoms with Crippen molar-refractivity contribution in [1.29, 1.82) is 5.26 Å². The van der Waals surface area contributed by atoms with Gasteiger partial charge in [-0.1, -0.05) is 54.6 Å². The van der Waals surface area contributed by atoms with Crippen LogP contribution in [-0.2, 0) is 0 Å². The van der Waals surface area contributed by atoms with E-state index < -0.39 is 0 Å². The minimum atomic E-state index is -0.190. The Kier molecular flexibility index (Phi) is 5.38. The molecule has 1 atom stereocenters. The Morgan fingerprint density at radius 1 is 0.944 bits per heavy atom. The lowest BCUT2D eigenvalue weighted by Crippen LogP contribution is -2.08. The Morgan fingerprint density at radius 2 is 1.50 bits per heavy atom. The largest absolute Gasteiger partial charge is 0.323 e. The molecule has 18 heavy (non-hydrogen) atoms. The average molecular weight is 259 g/mol. The first-order valence-corrected chi connectivity index (χ1v) is 5.59. The van der Waals surface area contributed by atoms with E-state index in [4.69, 9.17) is 11.0 Å². The van der Waals surface area contributed by atoms with Crippen LogP contribution in [0.1, 0.15) is 18.0 Å². The lowest BCUT2D eigenvalue weighted by Gasteiger charge is -2.08. The van der Waals surface area contributed by atoms with Gasteiger partial charge in [-0.15, -0.1) is 12.4 Å². The molecule has 2 rings (SSSR count). The Hall–Kier alpha value is -1.82. The molecule has 2 nitrogen and oxygen atoms in total. The summed E-state index contributed by atoms with van der Waals surface area (Å²) in [4.78, 5) is 0. The molecule has 0 aromatic heterocycles. The summed E-state index contributed by atoms with van der Waals surface area (Å²) in [6, 6.07) is 20.2. The molecule has 0 aliphatic heterocycles. The van der Waals surface area contributed by atoms with Gasteiger partial charge in [-0.3, -0.25) is 0 Å². The monoisotopic (exact) mass is 258 g/mol. The molecule has 92 valence electrons. The second-order valence-electron chi connectivity index (χ2n) is 3.96. The van der Waals surface area contributed by atoms with E-state index >= 15 is 0 Å². The Labute approximate surface area is 113 Å². The van der Waals surface area contributed by atoms with Gasteiger partial charge in [0.15, 0.2) is 0 Å². The quantitative estimate of drug-likeness (QED) is 0.913. The van der Waals surface area contributed by atoms with Gasteiger partial charge in [0.2, 0.25) is 0 Å². The fourth-order valence-electron chi connectivity index (χ4n) is 1.77. The lowest BCUT2D eigenvalue weighted by atomic mass is 10.00. The van der Waals surface area contributed by atoms with E-state index in [1.54, 1.807) is 0 Å². The van der Waals surface area contributed by atoms with Crippen LogP contribution in [0.25, 0.3) is 11.1 Å². The summed E-state index contributed by atoms with van der Waals surface area (Å²) in [7, 11) is 0. The van der Waals surface area contributed by atoms with Crippen molar-refractivity contribution in [2.75, 3.05) is 0 Å². The third-order valence-corrected chi connectivity index (χ3v) is 2.76. The Bertz CT molecular complexity index is 514. The highest BCUT2D eigenvalue weighted by Crippen LogP contribution is 2.21. The standard InChI is InChI=1S/C15H14N2.ClH/c16-11-10-15(17)14-8-6-13(7-9-14)12-4-2-1-3-5-12;/h1-9,15H,10,17H2;1H/t15-;/m1./s1. The van der Waals surface area contributed by atoms with Crippen molar-refractivity contribution in [2.24, 2.45) is 5.73 Å². The van der Waals surface area contributed by atoms with Crippen LogP contribution in [0.4, 0.5) is 0 Å². The van der Waals surface area contributed by atoms with Crippen molar-refractivity contribution in [2.45, 2.75) is 12.5 Å². The molecule has 0 saturated heterocycles. The van der Waals surface area contributed by atoms with Crippen LogP contribution in [0.3, 0.4) is 0 Å². The fraction of sp³-hybridized carbons (Fsp3) is 0.133. The number of halogens is 1. The zero-order valence-electron chi connectivity index (χ0n) is 9.91. The minimum absolute atomic E-state index is 0. The minimum Gasteiger partial charge on any atom is -0.323 e. The number of benzene rings is 2. The maximum atomic E-state index is 8.60. The van der Waals surface area contributed by atoms with Crippen molar-refractivity contribution in [1.82, 2.24) is 0 Å². The number of nitrogens with two attached hydrogens (primary N) is 1. The lowest BCUT2D eigenvalue weighted by molar-refractivity contribution is 0.749. The number of hydrogen-bond acceptors (Lipinski definition) is 2. The van der Waals surface area contributed by atoms with Crippen molar-refractivity contribution in [3.8, 4) is 17.2 Å². The van der Waals surface area contributed by atoms with Crippen LogP contribution < -0.4 is 5.73 Å². The third-order valence-electron chi connectivity index (χ3n) is 2.76. The predicted octanol–water partition coefficient (Wildman–Crippen LogP) is 3.69. The number of nitriles is 1. The van der Waals surface area contributed by atoms with E-state index in [9.17, 15) is 0 Å². The average Bonchev–Trinajstić information content (AvgIpc) is 2.40. The van der Waals surface area contributed by atoms with Gasteiger partial charge >= 0.3 is 0 Å². The topological polar surface area (TPSA) is 49.8 Å². The van der Waals surface area contributed by atoms with E-state index in [1.165, 1.54) is 11.1 Å². The summed E-state index contributed by atoms with van der Waals surface area (Å²) in [5.41, 5.74) is 9.23. The maximum absolute atomic E-state index is 8.60. The molecule has 0 fully saturated rings. The molecule has 0 aliphatic rings. The van der Waals surface area contributed by atoms with Gasteiger partial charge in [0.1, 0.15) is 0 Å². The number of nitrogens with zero attached hydrogens (tertiary/aromatic N) is 1. The molecule has 2 N–H and O–H groups in total. The van der Waals surface area contributed by atoms with Gasteiger partial charge in [0.05, 0.1) is 12.5 Å². The van der Waals surface area contributed by atoms with Gasteiger partial charge in [0, 0.05) is 6.04 Å². The highest BCUT2D eigenvalue weighted by molar-refractivity contribution is 5.85. The fourth-order valence-corrected chi connectivity index (χ4v) is 1.77. The van der Waals surface area contributed by atoms with Crippen molar-refractivity contribution >= 4 is 12.4 Å². The highest BCUT2D eigenvalue weighted by Gasteiger charge is 2.05. The number of rotatable bonds is 3. The molecule has 0 heterocycles. The molecule has 0 aliphatic carbocycles. The molecule has 2 aromatic rings. The van der Waals surface area contributed by atoms with Crippen LogP contribution in [0.5, 0.6) is 0 Å². The predicted molar refractivity (Wildman–Crippen MR) is 76.3 cm³/mol. The van der Waals surface area contributed by atoms with Gasteiger partial charge < -0.3 is 5.73 Å². The van der Waals surface area contributed by atoms with Crippen molar-refractivity contribution < 1.29 is 0 Å². The van der Waals surface area contributed by atoms with E-state index in [-0.39, 0.29) is 18.4 Å². The van der Waals surface area contributed by atoms with Crippen LogP contribution in [-0.4, -0.2) is 0 Å². The molecule has 0 radical (unpaired) electrons. The summed E-state index contributed by atoms with van der Waals surface area (Å²) in [5, 5.41) is 8.60. The SMILES string of the molecule is Cl.N#CC[C@@H](N)c1ccc(-c2ccccc2)cc1. The van der Waals surface area contributed by atoms with Crippen molar-refractivity contribution in [3.05, 3.63) is 60.2 Å². The smallest absolute Gasteiger partial charge is 0.0641 e. The third kappa shape index (κ3) is 3.33. The Balaban J connectivity index is 0.00000162. The zero-order valence-corrected chi connectivity index (χ0v) is 10.7. The van der Waals surface area contributed by atoms with Crippen LogP contribution in [0.2, 0.25) is 0 Å². The molecule has 3 heteroatoms. The van der Waals surface area contributed by atoms with Gasteiger partial charge in [-0.05, 0) is 16.7 Å². The second-order valence-corrected chi connectivity index (χ2v) is 3.96. The summed E-state index contributed by atoms with van der Waals surface area (Å²) in [6.45, 7) is 0. The van der Waals surface area contributed by atoms with E-state index in [2.05, 4.69) is 18.2 Å². The highest BCUT2D eigenvalue weighted by atomic mass is 35.5. The first kappa shape index (κ1) is 14.2. The van der Waals surface area contributed by atoms with E-state index in [1.807, 2.05) is 42.5 Å². The van der Waals surface area contributed by atoms with Gasteiger partial charge in [0.25, 0.3) is 0 Å².